The average molecular weight is 434 g/mol. The van der Waals surface area contributed by atoms with Gasteiger partial charge in [0.15, 0.2) is 0 Å². The molecule has 6 nitrogen and oxygen atoms in total. The normalized spacial score (nSPS) is 16.4. The maximum absolute atomic E-state index is 12.2. The molecule has 0 unspecified atom stereocenters. The van der Waals surface area contributed by atoms with Gasteiger partial charge in [-0.2, -0.15) is 0 Å². The fourth-order valence-electron chi connectivity index (χ4n) is 4.45. The molecule has 2 aliphatic rings. The van der Waals surface area contributed by atoms with Gasteiger partial charge in [-0.15, -0.1) is 6.42 Å². The van der Waals surface area contributed by atoms with E-state index >= 15 is 0 Å². The molecular formula is C26H31N3O3. The number of fused-ring (bicyclic) bond motifs is 1. The van der Waals surface area contributed by atoms with E-state index < -0.39 is 0 Å². The number of hydrogen-bond donors (Lipinski definition) is 0. The van der Waals surface area contributed by atoms with Gasteiger partial charge in [0.1, 0.15) is 11.5 Å². The lowest BCUT2D eigenvalue weighted by Gasteiger charge is -2.36. The molecule has 2 heterocycles. The zero-order valence-electron chi connectivity index (χ0n) is 18.8. The van der Waals surface area contributed by atoms with E-state index in [9.17, 15) is 4.79 Å². The maximum atomic E-state index is 12.2. The third kappa shape index (κ3) is 5.00. The third-order valence-electron chi connectivity index (χ3n) is 6.19. The topological polar surface area (TPSA) is 45.2 Å². The van der Waals surface area contributed by atoms with Crippen molar-refractivity contribution in [1.82, 2.24) is 4.90 Å². The molecular weight excluding hydrogens is 402 g/mol. The summed E-state index contributed by atoms with van der Waals surface area (Å²) in [6.07, 6.45) is 7.68. The third-order valence-corrected chi connectivity index (χ3v) is 6.19. The number of amides is 1. The summed E-state index contributed by atoms with van der Waals surface area (Å²) in [6.45, 7) is 5.99. The average Bonchev–Trinajstić information content (AvgIpc) is 2.84. The van der Waals surface area contributed by atoms with E-state index in [4.69, 9.17) is 15.9 Å². The smallest absolute Gasteiger partial charge is 0.228 e. The predicted molar refractivity (Wildman–Crippen MR) is 128 cm³/mol. The molecule has 2 aromatic rings. The Balaban J connectivity index is 1.24. The van der Waals surface area contributed by atoms with Crippen molar-refractivity contribution in [2.45, 2.75) is 19.3 Å². The second-order valence-electron chi connectivity index (χ2n) is 8.18. The number of carbonyl (C=O) groups is 1. The van der Waals surface area contributed by atoms with Gasteiger partial charge in [0.25, 0.3) is 0 Å². The monoisotopic (exact) mass is 433 g/mol. The zero-order valence-corrected chi connectivity index (χ0v) is 18.8. The van der Waals surface area contributed by atoms with Crippen molar-refractivity contribution in [3.8, 4) is 23.8 Å². The number of ether oxygens (including phenoxy) is 2. The number of piperazine rings is 1. The minimum absolute atomic E-state index is 0.0832. The summed E-state index contributed by atoms with van der Waals surface area (Å²) < 4.78 is 11.5. The molecule has 0 aromatic heterocycles. The van der Waals surface area contributed by atoms with E-state index in [0.29, 0.717) is 19.6 Å². The first-order valence-electron chi connectivity index (χ1n) is 11.3. The quantitative estimate of drug-likeness (QED) is 0.473. The van der Waals surface area contributed by atoms with Crippen LogP contribution in [0.15, 0.2) is 42.5 Å². The molecule has 168 valence electrons. The standard InChI is InChI=1S/C26H31N3O3/c1-3-13-29-24-20-22(11-9-21(24)10-12-26(29)30)32-19-6-14-27-15-17-28(18-16-27)23-7-4-5-8-25(23)31-2/h1,4-5,7-9,11,20H,6,10,12-19H2,2H3. The molecule has 4 rings (SSSR count). The number of benzene rings is 2. The van der Waals surface area contributed by atoms with Gasteiger partial charge in [-0.3, -0.25) is 9.69 Å². The van der Waals surface area contributed by atoms with Gasteiger partial charge in [0, 0.05) is 45.2 Å². The summed E-state index contributed by atoms with van der Waals surface area (Å²) >= 11 is 0. The first kappa shape index (κ1) is 22.0. The lowest BCUT2D eigenvalue weighted by Crippen LogP contribution is -2.46. The van der Waals surface area contributed by atoms with E-state index in [1.54, 1.807) is 12.0 Å². The van der Waals surface area contributed by atoms with E-state index in [-0.39, 0.29) is 5.91 Å². The van der Waals surface area contributed by atoms with Crippen molar-refractivity contribution < 1.29 is 14.3 Å². The van der Waals surface area contributed by atoms with Crippen LogP contribution < -0.4 is 19.3 Å². The predicted octanol–water partition coefficient (Wildman–Crippen LogP) is 3.20. The molecule has 1 saturated heterocycles. The molecule has 0 atom stereocenters. The van der Waals surface area contributed by atoms with Crippen molar-refractivity contribution in [2.75, 3.05) is 62.8 Å². The highest BCUT2D eigenvalue weighted by molar-refractivity contribution is 5.97. The summed E-state index contributed by atoms with van der Waals surface area (Å²) in [6, 6.07) is 14.2. The van der Waals surface area contributed by atoms with Crippen LogP contribution in [-0.4, -0.2) is 63.8 Å². The van der Waals surface area contributed by atoms with Crippen molar-refractivity contribution in [2.24, 2.45) is 0 Å². The Morgan fingerprint density at radius 2 is 1.84 bits per heavy atom. The summed E-state index contributed by atoms with van der Waals surface area (Å²) in [4.78, 5) is 18.8. The fourth-order valence-corrected chi connectivity index (χ4v) is 4.45. The largest absolute Gasteiger partial charge is 0.495 e. The van der Waals surface area contributed by atoms with Gasteiger partial charge in [0.05, 0.1) is 31.6 Å². The highest BCUT2D eigenvalue weighted by Crippen LogP contribution is 2.31. The van der Waals surface area contributed by atoms with Crippen LogP contribution in [0.2, 0.25) is 0 Å². The van der Waals surface area contributed by atoms with Gasteiger partial charge in [-0.05, 0) is 36.6 Å². The van der Waals surface area contributed by atoms with Crippen LogP contribution in [0.1, 0.15) is 18.4 Å². The minimum atomic E-state index is 0.0832. The van der Waals surface area contributed by atoms with Gasteiger partial charge in [-0.25, -0.2) is 0 Å². The van der Waals surface area contributed by atoms with Crippen molar-refractivity contribution in [3.05, 3.63) is 48.0 Å². The number of terminal acetylenes is 1. The van der Waals surface area contributed by atoms with Crippen LogP contribution in [0, 0.1) is 12.3 Å². The van der Waals surface area contributed by atoms with Crippen molar-refractivity contribution in [1.29, 1.82) is 0 Å². The summed E-state index contributed by atoms with van der Waals surface area (Å²) in [5.74, 6) is 4.39. The Hall–Kier alpha value is -3.17. The van der Waals surface area contributed by atoms with E-state index in [1.807, 2.05) is 24.3 Å². The lowest BCUT2D eigenvalue weighted by molar-refractivity contribution is -0.118. The second-order valence-corrected chi connectivity index (χ2v) is 8.18. The Morgan fingerprint density at radius 3 is 2.62 bits per heavy atom. The van der Waals surface area contributed by atoms with Gasteiger partial charge in [-0.1, -0.05) is 24.1 Å². The van der Waals surface area contributed by atoms with Crippen LogP contribution in [0.5, 0.6) is 11.5 Å². The minimum Gasteiger partial charge on any atom is -0.495 e. The Bertz CT molecular complexity index is 977. The lowest BCUT2D eigenvalue weighted by atomic mass is 10.0. The molecule has 1 fully saturated rings. The van der Waals surface area contributed by atoms with Crippen LogP contribution >= 0.6 is 0 Å². The van der Waals surface area contributed by atoms with Crippen molar-refractivity contribution in [3.63, 3.8) is 0 Å². The number of methoxy groups -OCH3 is 1. The number of carbonyl (C=O) groups excluding carboxylic acids is 1. The van der Waals surface area contributed by atoms with Crippen LogP contribution in [0.25, 0.3) is 0 Å². The van der Waals surface area contributed by atoms with Gasteiger partial charge >= 0.3 is 0 Å². The molecule has 0 saturated carbocycles. The summed E-state index contributed by atoms with van der Waals surface area (Å²) in [7, 11) is 1.72. The van der Waals surface area contributed by atoms with Crippen LogP contribution in [0.3, 0.4) is 0 Å². The molecule has 32 heavy (non-hydrogen) atoms. The highest BCUT2D eigenvalue weighted by atomic mass is 16.5. The van der Waals surface area contributed by atoms with Crippen molar-refractivity contribution >= 4 is 17.3 Å². The number of nitrogens with zero attached hydrogens (tertiary/aromatic N) is 3. The second kappa shape index (κ2) is 10.4. The highest BCUT2D eigenvalue weighted by Gasteiger charge is 2.24. The molecule has 0 bridgehead atoms. The Kier molecular flexibility index (Phi) is 7.18. The molecule has 0 radical (unpaired) electrons. The molecule has 6 heteroatoms. The number of para-hydroxylation sites is 2. The first-order valence-corrected chi connectivity index (χ1v) is 11.3. The maximum Gasteiger partial charge on any atom is 0.228 e. The number of hydrogen-bond acceptors (Lipinski definition) is 5. The summed E-state index contributed by atoms with van der Waals surface area (Å²) in [5, 5.41) is 0. The number of aryl methyl sites for hydroxylation is 1. The molecule has 2 aromatic carbocycles. The molecule has 0 aliphatic carbocycles. The van der Waals surface area contributed by atoms with E-state index in [2.05, 4.69) is 33.9 Å². The van der Waals surface area contributed by atoms with Crippen LogP contribution in [-0.2, 0) is 11.2 Å². The first-order chi connectivity index (χ1) is 15.7. The SMILES string of the molecule is C#CCN1C(=O)CCc2ccc(OCCCN3CCN(c4ccccc4OC)CC3)cc21. The summed E-state index contributed by atoms with van der Waals surface area (Å²) in [5.41, 5.74) is 3.21. The van der Waals surface area contributed by atoms with Gasteiger partial charge < -0.3 is 19.3 Å². The zero-order chi connectivity index (χ0) is 22.3. The molecule has 2 aliphatic heterocycles. The molecule has 0 spiro atoms. The Labute approximate surface area is 190 Å². The van der Waals surface area contributed by atoms with E-state index in [1.165, 1.54) is 5.69 Å². The van der Waals surface area contributed by atoms with E-state index in [0.717, 1.165) is 68.3 Å². The number of anilines is 2. The number of rotatable bonds is 8. The molecule has 1 amide bonds. The fraction of sp³-hybridized carbons (Fsp3) is 0.423. The molecule has 0 N–H and O–H groups in total. The Morgan fingerprint density at radius 1 is 1.03 bits per heavy atom. The van der Waals surface area contributed by atoms with Crippen LogP contribution in [0.4, 0.5) is 11.4 Å². The van der Waals surface area contributed by atoms with Gasteiger partial charge in [0.2, 0.25) is 5.91 Å².